The van der Waals surface area contributed by atoms with Crippen molar-refractivity contribution in [1.82, 2.24) is 9.47 Å². The number of hydrogen-bond donors (Lipinski definition) is 1. The lowest BCUT2D eigenvalue weighted by molar-refractivity contribution is 0.278. The van der Waals surface area contributed by atoms with Gasteiger partial charge >= 0.3 is 0 Å². The van der Waals surface area contributed by atoms with Gasteiger partial charge in [-0.3, -0.25) is 0 Å². The summed E-state index contributed by atoms with van der Waals surface area (Å²) in [4.78, 5) is 2.57. The molecule has 1 saturated heterocycles. The fraction of sp³-hybridized carbons (Fsp3) is 0.556. The van der Waals surface area contributed by atoms with Gasteiger partial charge in [-0.2, -0.15) is 0 Å². The van der Waals surface area contributed by atoms with Crippen LogP contribution in [0.15, 0.2) is 18.3 Å². The van der Waals surface area contributed by atoms with Gasteiger partial charge in [0.25, 0.3) is 0 Å². The van der Waals surface area contributed by atoms with Crippen molar-refractivity contribution in [3.63, 3.8) is 0 Å². The van der Waals surface area contributed by atoms with Crippen LogP contribution in [0.4, 0.5) is 0 Å². The summed E-state index contributed by atoms with van der Waals surface area (Å²) in [6.07, 6.45) is 6.06. The standard InChI is InChI=1S/C18H26N2O/c1-14-11-17-16(5-8-19-6-3-4-7-19)13-20(9-10-21)18(17)12-15(14)2/h11-13,21H,3-10H2,1-2H3. The average molecular weight is 286 g/mol. The quantitative estimate of drug-likeness (QED) is 0.915. The molecule has 1 aromatic heterocycles. The number of aryl methyl sites for hydroxylation is 2. The van der Waals surface area contributed by atoms with Gasteiger partial charge in [0.2, 0.25) is 0 Å². The first-order chi connectivity index (χ1) is 10.2. The second-order valence-electron chi connectivity index (χ2n) is 6.32. The molecule has 2 heterocycles. The number of fused-ring (bicyclic) bond motifs is 1. The Hall–Kier alpha value is -1.32. The number of likely N-dealkylation sites (tertiary alicyclic amines) is 1. The van der Waals surface area contributed by atoms with E-state index in [0.29, 0.717) is 6.54 Å². The minimum absolute atomic E-state index is 0.197. The Morgan fingerprint density at radius 3 is 2.48 bits per heavy atom. The number of aliphatic hydroxyl groups excluding tert-OH is 1. The number of benzene rings is 1. The summed E-state index contributed by atoms with van der Waals surface area (Å²) >= 11 is 0. The Kier molecular flexibility index (Phi) is 4.32. The summed E-state index contributed by atoms with van der Waals surface area (Å²) < 4.78 is 2.21. The molecule has 0 spiro atoms. The summed E-state index contributed by atoms with van der Waals surface area (Å²) in [5, 5.41) is 10.7. The third-order valence-corrected chi connectivity index (χ3v) is 4.82. The van der Waals surface area contributed by atoms with E-state index in [2.05, 4.69) is 41.6 Å². The molecule has 1 aromatic carbocycles. The molecule has 1 N–H and O–H groups in total. The van der Waals surface area contributed by atoms with Crippen LogP contribution in [0, 0.1) is 13.8 Å². The SMILES string of the molecule is Cc1cc2c(CCN3CCCC3)cn(CCO)c2cc1C. The van der Waals surface area contributed by atoms with Crippen LogP contribution in [0.5, 0.6) is 0 Å². The van der Waals surface area contributed by atoms with Crippen LogP contribution in [0.1, 0.15) is 29.5 Å². The van der Waals surface area contributed by atoms with E-state index in [1.807, 2.05) is 0 Å². The highest BCUT2D eigenvalue weighted by atomic mass is 16.3. The lowest BCUT2D eigenvalue weighted by Crippen LogP contribution is -2.21. The average Bonchev–Trinajstić information content (AvgIpc) is 3.07. The zero-order valence-electron chi connectivity index (χ0n) is 13.2. The molecule has 0 atom stereocenters. The Morgan fingerprint density at radius 1 is 1.05 bits per heavy atom. The molecule has 3 rings (SSSR count). The van der Waals surface area contributed by atoms with E-state index in [1.54, 1.807) is 0 Å². The zero-order chi connectivity index (χ0) is 14.8. The Labute approximate surface area is 127 Å². The molecule has 0 saturated carbocycles. The molecule has 3 heteroatoms. The van der Waals surface area contributed by atoms with Crippen molar-refractivity contribution in [2.45, 2.75) is 39.7 Å². The largest absolute Gasteiger partial charge is 0.395 e. The Bertz CT molecular complexity index is 624. The van der Waals surface area contributed by atoms with Crippen LogP contribution in [0.25, 0.3) is 10.9 Å². The van der Waals surface area contributed by atoms with Crippen LogP contribution >= 0.6 is 0 Å². The molecule has 0 radical (unpaired) electrons. The number of rotatable bonds is 5. The third-order valence-electron chi connectivity index (χ3n) is 4.82. The van der Waals surface area contributed by atoms with Crippen molar-refractivity contribution in [2.24, 2.45) is 0 Å². The van der Waals surface area contributed by atoms with E-state index in [0.717, 1.165) is 13.0 Å². The molecule has 3 nitrogen and oxygen atoms in total. The summed E-state index contributed by atoms with van der Waals surface area (Å²) in [5.74, 6) is 0. The maximum atomic E-state index is 9.29. The van der Waals surface area contributed by atoms with Gasteiger partial charge < -0.3 is 14.6 Å². The first-order valence-electron chi connectivity index (χ1n) is 8.11. The van der Waals surface area contributed by atoms with Gasteiger partial charge in [-0.1, -0.05) is 0 Å². The molecule has 1 fully saturated rings. The summed E-state index contributed by atoms with van der Waals surface area (Å²) in [6.45, 7) is 8.90. The molecule has 0 unspecified atom stereocenters. The fourth-order valence-corrected chi connectivity index (χ4v) is 3.40. The maximum Gasteiger partial charge on any atom is 0.0610 e. The normalized spacial score (nSPS) is 16.1. The van der Waals surface area contributed by atoms with E-state index < -0.39 is 0 Å². The number of aliphatic hydroxyl groups is 1. The Balaban J connectivity index is 1.90. The topological polar surface area (TPSA) is 28.4 Å². The van der Waals surface area contributed by atoms with Gasteiger partial charge in [0.1, 0.15) is 0 Å². The minimum atomic E-state index is 0.197. The summed E-state index contributed by atoms with van der Waals surface area (Å²) in [6, 6.07) is 4.58. The highest BCUT2D eigenvalue weighted by Crippen LogP contribution is 2.26. The van der Waals surface area contributed by atoms with Gasteiger partial charge in [0.15, 0.2) is 0 Å². The second kappa shape index (κ2) is 6.20. The molecule has 0 bridgehead atoms. The predicted octanol–water partition coefficient (Wildman–Crippen LogP) is 2.89. The molecular weight excluding hydrogens is 260 g/mol. The van der Waals surface area contributed by atoms with Crippen LogP contribution in [0.3, 0.4) is 0 Å². The van der Waals surface area contributed by atoms with E-state index in [9.17, 15) is 5.11 Å². The van der Waals surface area contributed by atoms with Gasteiger partial charge in [-0.05, 0) is 75.0 Å². The van der Waals surface area contributed by atoms with E-state index in [1.165, 1.54) is 53.5 Å². The van der Waals surface area contributed by atoms with E-state index in [-0.39, 0.29) is 6.61 Å². The Morgan fingerprint density at radius 2 is 1.76 bits per heavy atom. The van der Waals surface area contributed by atoms with E-state index in [4.69, 9.17) is 0 Å². The van der Waals surface area contributed by atoms with Crippen LogP contribution in [0.2, 0.25) is 0 Å². The van der Waals surface area contributed by atoms with Crippen LogP contribution < -0.4 is 0 Å². The molecule has 0 amide bonds. The van der Waals surface area contributed by atoms with Crippen molar-refractivity contribution in [3.8, 4) is 0 Å². The monoisotopic (exact) mass is 286 g/mol. The lowest BCUT2D eigenvalue weighted by atomic mass is 10.0. The van der Waals surface area contributed by atoms with Crippen LogP contribution in [-0.2, 0) is 13.0 Å². The van der Waals surface area contributed by atoms with Gasteiger partial charge in [-0.25, -0.2) is 0 Å². The molecule has 2 aromatic rings. The lowest BCUT2D eigenvalue weighted by Gasteiger charge is -2.13. The van der Waals surface area contributed by atoms with Crippen molar-refractivity contribution < 1.29 is 5.11 Å². The molecular formula is C18H26N2O. The van der Waals surface area contributed by atoms with E-state index >= 15 is 0 Å². The third kappa shape index (κ3) is 2.99. The van der Waals surface area contributed by atoms with Gasteiger partial charge in [0, 0.05) is 30.2 Å². The molecule has 0 aliphatic carbocycles. The molecule has 1 aliphatic heterocycles. The van der Waals surface area contributed by atoms with Crippen molar-refractivity contribution in [3.05, 3.63) is 35.0 Å². The molecule has 1 aliphatic rings. The van der Waals surface area contributed by atoms with Crippen LogP contribution in [-0.4, -0.2) is 40.8 Å². The first kappa shape index (κ1) is 14.6. The van der Waals surface area contributed by atoms with Crippen molar-refractivity contribution >= 4 is 10.9 Å². The molecule has 21 heavy (non-hydrogen) atoms. The second-order valence-corrected chi connectivity index (χ2v) is 6.32. The number of hydrogen-bond acceptors (Lipinski definition) is 2. The minimum Gasteiger partial charge on any atom is -0.395 e. The maximum absolute atomic E-state index is 9.29. The molecule has 114 valence electrons. The number of aromatic nitrogens is 1. The van der Waals surface area contributed by atoms with Crippen molar-refractivity contribution in [2.75, 3.05) is 26.2 Å². The van der Waals surface area contributed by atoms with Gasteiger partial charge in [-0.15, -0.1) is 0 Å². The highest BCUT2D eigenvalue weighted by Gasteiger charge is 2.14. The summed E-state index contributed by atoms with van der Waals surface area (Å²) in [5.41, 5.74) is 5.37. The number of nitrogens with zero attached hydrogens (tertiary/aromatic N) is 2. The smallest absolute Gasteiger partial charge is 0.0610 e. The first-order valence-corrected chi connectivity index (χ1v) is 8.11. The zero-order valence-corrected chi connectivity index (χ0v) is 13.2. The van der Waals surface area contributed by atoms with Crippen molar-refractivity contribution in [1.29, 1.82) is 0 Å². The van der Waals surface area contributed by atoms with Gasteiger partial charge in [0.05, 0.1) is 6.61 Å². The highest BCUT2D eigenvalue weighted by molar-refractivity contribution is 5.85. The fourth-order valence-electron chi connectivity index (χ4n) is 3.40. The summed E-state index contributed by atoms with van der Waals surface area (Å²) in [7, 11) is 0. The predicted molar refractivity (Wildman–Crippen MR) is 87.9 cm³/mol.